The van der Waals surface area contributed by atoms with Crippen molar-refractivity contribution in [2.24, 2.45) is 0 Å². The van der Waals surface area contributed by atoms with E-state index >= 15 is 0 Å². The molecule has 1 aliphatic heterocycles. The molecule has 0 aromatic carbocycles. The number of pyridine rings is 1. The van der Waals surface area contributed by atoms with Crippen LogP contribution in [0.4, 0.5) is 0 Å². The maximum absolute atomic E-state index is 12.0. The summed E-state index contributed by atoms with van der Waals surface area (Å²) in [5.74, 6) is -0.00446. The number of nitrogens with zero attached hydrogens (tertiary/aromatic N) is 4. The first kappa shape index (κ1) is 14.0. The molecule has 110 valence electrons. The van der Waals surface area contributed by atoms with Crippen LogP contribution in [0.2, 0.25) is 5.02 Å². The van der Waals surface area contributed by atoms with E-state index in [1.54, 1.807) is 34.2 Å². The van der Waals surface area contributed by atoms with Gasteiger partial charge >= 0.3 is 0 Å². The van der Waals surface area contributed by atoms with Gasteiger partial charge in [0, 0.05) is 37.1 Å². The highest BCUT2D eigenvalue weighted by Crippen LogP contribution is 2.31. The van der Waals surface area contributed by atoms with Crippen molar-refractivity contribution in [2.45, 2.75) is 18.6 Å². The molecule has 3 heterocycles. The van der Waals surface area contributed by atoms with Crippen LogP contribution in [0.15, 0.2) is 36.9 Å². The van der Waals surface area contributed by atoms with E-state index in [1.165, 1.54) is 6.20 Å². The van der Waals surface area contributed by atoms with Crippen LogP contribution in [0.25, 0.3) is 0 Å². The van der Waals surface area contributed by atoms with Crippen LogP contribution in [0.5, 0.6) is 0 Å². The van der Waals surface area contributed by atoms with Crippen LogP contribution >= 0.6 is 11.6 Å². The van der Waals surface area contributed by atoms with E-state index in [2.05, 4.69) is 10.1 Å². The minimum Gasteiger partial charge on any atom is -0.381 e. The molecule has 7 heteroatoms. The average Bonchev–Trinajstić information content (AvgIpc) is 2.88. The number of aliphatic hydroxyl groups is 1. The van der Waals surface area contributed by atoms with Crippen LogP contribution in [0.1, 0.15) is 12.0 Å². The van der Waals surface area contributed by atoms with E-state index in [4.69, 9.17) is 11.6 Å². The van der Waals surface area contributed by atoms with Crippen molar-refractivity contribution in [3.63, 3.8) is 0 Å². The highest BCUT2D eigenvalue weighted by atomic mass is 35.5. The number of amides is 1. The Balaban J connectivity index is 1.52. The number of carbonyl (C=O) groups excluding carboxylic acids is 1. The Kier molecular flexibility index (Phi) is 3.65. The monoisotopic (exact) mass is 306 g/mol. The Hall–Kier alpha value is -1.92. The largest absolute Gasteiger partial charge is 0.381 e. The second-order valence-corrected chi connectivity index (χ2v) is 5.63. The van der Waals surface area contributed by atoms with Crippen LogP contribution < -0.4 is 0 Å². The van der Waals surface area contributed by atoms with Gasteiger partial charge in [0.05, 0.1) is 24.3 Å². The highest BCUT2D eigenvalue weighted by molar-refractivity contribution is 6.30. The lowest BCUT2D eigenvalue weighted by Crippen LogP contribution is -2.61. The van der Waals surface area contributed by atoms with Gasteiger partial charge < -0.3 is 10.0 Å². The molecule has 21 heavy (non-hydrogen) atoms. The number of β-amino-alcohol motifs (C(OH)–C–C–N with tert-alkyl or cyclic N) is 1. The predicted molar refractivity (Wildman–Crippen MR) is 76.6 cm³/mol. The van der Waals surface area contributed by atoms with Crippen LogP contribution in [0.3, 0.4) is 0 Å². The summed E-state index contributed by atoms with van der Waals surface area (Å²) in [5, 5.41) is 15.0. The Morgan fingerprint density at radius 3 is 2.86 bits per heavy atom. The molecule has 1 aliphatic rings. The second kappa shape index (κ2) is 5.46. The zero-order valence-corrected chi connectivity index (χ0v) is 12.1. The van der Waals surface area contributed by atoms with E-state index in [1.807, 2.05) is 6.07 Å². The third-order valence-electron chi connectivity index (χ3n) is 3.61. The first-order valence-electron chi connectivity index (χ1n) is 6.65. The molecule has 0 radical (unpaired) electrons. The van der Waals surface area contributed by atoms with E-state index < -0.39 is 5.60 Å². The number of hydrogen-bond acceptors (Lipinski definition) is 4. The second-order valence-electron chi connectivity index (χ2n) is 5.19. The molecule has 3 rings (SSSR count). The molecular weight excluding hydrogens is 292 g/mol. The van der Waals surface area contributed by atoms with Crippen LogP contribution in [0, 0.1) is 0 Å². The minimum atomic E-state index is -0.973. The Bertz CT molecular complexity index is 637. The summed E-state index contributed by atoms with van der Waals surface area (Å²) in [4.78, 5) is 17.7. The Morgan fingerprint density at radius 2 is 2.24 bits per heavy atom. The maximum atomic E-state index is 12.0. The van der Waals surface area contributed by atoms with Gasteiger partial charge in [-0.15, -0.1) is 0 Å². The lowest BCUT2D eigenvalue weighted by atomic mass is 9.87. The summed E-state index contributed by atoms with van der Waals surface area (Å²) in [6.07, 6.45) is 6.84. The van der Waals surface area contributed by atoms with Crippen molar-refractivity contribution in [3.8, 4) is 0 Å². The quantitative estimate of drug-likeness (QED) is 0.916. The maximum Gasteiger partial charge on any atom is 0.224 e. The zero-order chi connectivity index (χ0) is 14.9. The van der Waals surface area contributed by atoms with E-state index in [9.17, 15) is 9.90 Å². The average molecular weight is 307 g/mol. The molecular formula is C14H15ClN4O2. The molecule has 1 N–H and O–H groups in total. The first-order valence-corrected chi connectivity index (χ1v) is 7.03. The van der Waals surface area contributed by atoms with Gasteiger partial charge in [-0.1, -0.05) is 17.7 Å². The van der Waals surface area contributed by atoms with Gasteiger partial charge in [0.2, 0.25) is 5.91 Å². The van der Waals surface area contributed by atoms with Gasteiger partial charge in [-0.2, -0.15) is 5.10 Å². The van der Waals surface area contributed by atoms with Gasteiger partial charge in [0.15, 0.2) is 0 Å². The van der Waals surface area contributed by atoms with Crippen molar-refractivity contribution in [2.75, 3.05) is 13.1 Å². The SMILES string of the molecule is O=C(CCn1cc(Cl)cn1)N1CC(O)(c2cccnc2)C1. The molecule has 2 aromatic heterocycles. The number of hydrogen-bond donors (Lipinski definition) is 1. The molecule has 0 bridgehead atoms. The van der Waals surface area contributed by atoms with Gasteiger partial charge in [-0.25, -0.2) is 0 Å². The zero-order valence-electron chi connectivity index (χ0n) is 11.3. The molecule has 0 unspecified atom stereocenters. The fourth-order valence-corrected chi connectivity index (χ4v) is 2.57. The summed E-state index contributed by atoms with van der Waals surface area (Å²) in [7, 11) is 0. The standard InChI is InChI=1S/C14H15ClN4O2/c15-12-7-17-19(8-12)5-3-13(20)18-9-14(21,10-18)11-2-1-4-16-6-11/h1-2,4,6-8,21H,3,5,9-10H2. The number of carbonyl (C=O) groups is 1. The van der Waals surface area contributed by atoms with Gasteiger partial charge in [-0.05, 0) is 6.07 Å². The fourth-order valence-electron chi connectivity index (χ4n) is 2.41. The van der Waals surface area contributed by atoms with Gasteiger partial charge in [0.1, 0.15) is 5.60 Å². The molecule has 0 atom stereocenters. The molecule has 0 spiro atoms. The molecule has 0 saturated carbocycles. The van der Waals surface area contributed by atoms with E-state index in [-0.39, 0.29) is 5.91 Å². The molecule has 6 nitrogen and oxygen atoms in total. The minimum absolute atomic E-state index is 0.00446. The summed E-state index contributed by atoms with van der Waals surface area (Å²) >= 11 is 5.76. The van der Waals surface area contributed by atoms with E-state index in [0.717, 1.165) is 5.56 Å². The smallest absolute Gasteiger partial charge is 0.224 e. The van der Waals surface area contributed by atoms with Crippen molar-refractivity contribution in [3.05, 3.63) is 47.5 Å². The molecule has 0 aliphatic carbocycles. The molecule has 1 fully saturated rings. The Labute approximate surface area is 127 Å². The normalized spacial score (nSPS) is 16.6. The fraction of sp³-hybridized carbons (Fsp3) is 0.357. The lowest BCUT2D eigenvalue weighted by molar-refractivity contribution is -0.157. The van der Waals surface area contributed by atoms with Gasteiger partial charge in [0.25, 0.3) is 0 Å². The number of aryl methyl sites for hydroxylation is 1. The van der Waals surface area contributed by atoms with Crippen molar-refractivity contribution in [1.29, 1.82) is 0 Å². The van der Waals surface area contributed by atoms with Gasteiger partial charge in [-0.3, -0.25) is 14.5 Å². The number of likely N-dealkylation sites (tertiary alicyclic amines) is 1. The molecule has 1 amide bonds. The third-order valence-corrected chi connectivity index (χ3v) is 3.81. The Morgan fingerprint density at radius 1 is 1.43 bits per heavy atom. The third kappa shape index (κ3) is 2.91. The molecule has 2 aromatic rings. The number of halogens is 1. The first-order chi connectivity index (χ1) is 10.1. The van der Waals surface area contributed by atoms with Crippen LogP contribution in [-0.2, 0) is 16.9 Å². The molecule has 1 saturated heterocycles. The number of rotatable bonds is 4. The van der Waals surface area contributed by atoms with E-state index in [0.29, 0.717) is 31.1 Å². The van der Waals surface area contributed by atoms with Crippen molar-refractivity contribution >= 4 is 17.5 Å². The summed E-state index contributed by atoms with van der Waals surface area (Å²) < 4.78 is 1.63. The predicted octanol–water partition coefficient (Wildman–Crippen LogP) is 1.05. The summed E-state index contributed by atoms with van der Waals surface area (Å²) in [5.41, 5.74) is -0.230. The van der Waals surface area contributed by atoms with Crippen molar-refractivity contribution in [1.82, 2.24) is 19.7 Å². The topological polar surface area (TPSA) is 71.2 Å². The lowest BCUT2D eigenvalue weighted by Gasteiger charge is -2.46. The van der Waals surface area contributed by atoms with Crippen LogP contribution in [-0.4, -0.2) is 43.8 Å². The number of aromatic nitrogens is 3. The highest BCUT2D eigenvalue weighted by Gasteiger charge is 2.44. The summed E-state index contributed by atoms with van der Waals surface area (Å²) in [6.45, 7) is 1.09. The van der Waals surface area contributed by atoms with Crippen molar-refractivity contribution < 1.29 is 9.90 Å². The summed E-state index contributed by atoms with van der Waals surface area (Å²) in [6, 6.07) is 3.60.